The molecule has 122 valence electrons. The second-order valence-electron chi connectivity index (χ2n) is 5.09. The van der Waals surface area contributed by atoms with Crippen LogP contribution in [-0.2, 0) is 0 Å². The maximum absolute atomic E-state index is 13.3. The maximum Gasteiger partial charge on any atom is 0.152 e. The lowest BCUT2D eigenvalue weighted by atomic mass is 10.0. The standard InChI is InChI=1S/C19H11ClFN3O/c20-15-10-13(6-7-16(15)21)24-17(11-22)14-8-9-23-18(19(14)25)12-4-2-1-3-5-12/h1-10,25H/b24-17+. The fraction of sp³-hybridized carbons (Fsp3) is 0. The van der Waals surface area contributed by atoms with Crippen molar-refractivity contribution < 1.29 is 9.50 Å². The first kappa shape index (κ1) is 16.6. The van der Waals surface area contributed by atoms with Crippen molar-refractivity contribution in [3.05, 3.63) is 77.2 Å². The highest BCUT2D eigenvalue weighted by atomic mass is 35.5. The SMILES string of the molecule is N#C/C(=N\c1ccc(F)c(Cl)c1)c1ccnc(-c2ccccc2)c1O. The van der Waals surface area contributed by atoms with Gasteiger partial charge in [-0.25, -0.2) is 9.38 Å². The molecule has 3 rings (SSSR count). The third kappa shape index (κ3) is 3.49. The fourth-order valence-corrected chi connectivity index (χ4v) is 2.46. The number of nitrogens with zero attached hydrogens (tertiary/aromatic N) is 3. The van der Waals surface area contributed by atoms with Crippen LogP contribution in [0.3, 0.4) is 0 Å². The second-order valence-corrected chi connectivity index (χ2v) is 5.50. The molecular weight excluding hydrogens is 341 g/mol. The van der Waals surface area contributed by atoms with Crippen LogP contribution in [0.4, 0.5) is 10.1 Å². The summed E-state index contributed by atoms with van der Waals surface area (Å²) in [6, 6.07) is 16.4. The van der Waals surface area contributed by atoms with Crippen LogP contribution in [0.25, 0.3) is 11.3 Å². The summed E-state index contributed by atoms with van der Waals surface area (Å²) in [5.41, 5.74) is 1.57. The number of pyridine rings is 1. The zero-order chi connectivity index (χ0) is 17.8. The summed E-state index contributed by atoms with van der Waals surface area (Å²) in [5.74, 6) is -0.723. The predicted octanol–water partition coefficient (Wildman–Crippen LogP) is 4.89. The van der Waals surface area contributed by atoms with Gasteiger partial charge in [0.2, 0.25) is 0 Å². The van der Waals surface area contributed by atoms with Crippen LogP contribution in [0.2, 0.25) is 5.02 Å². The van der Waals surface area contributed by atoms with E-state index < -0.39 is 5.82 Å². The molecule has 0 saturated carbocycles. The molecule has 2 aromatic carbocycles. The van der Waals surface area contributed by atoms with Crippen LogP contribution in [0.5, 0.6) is 5.75 Å². The third-order valence-electron chi connectivity index (χ3n) is 3.48. The van der Waals surface area contributed by atoms with E-state index in [1.165, 1.54) is 24.4 Å². The smallest absolute Gasteiger partial charge is 0.152 e. The molecule has 0 unspecified atom stereocenters. The van der Waals surface area contributed by atoms with Crippen LogP contribution in [0.15, 0.2) is 65.8 Å². The topological polar surface area (TPSA) is 69.3 Å². The first-order chi connectivity index (χ1) is 12.1. The van der Waals surface area contributed by atoms with Gasteiger partial charge >= 0.3 is 0 Å². The predicted molar refractivity (Wildman–Crippen MR) is 94.6 cm³/mol. The molecular formula is C19H11ClFN3O. The molecule has 0 aliphatic heterocycles. The van der Waals surface area contributed by atoms with Crippen molar-refractivity contribution in [2.75, 3.05) is 0 Å². The van der Waals surface area contributed by atoms with Crippen LogP contribution in [0, 0.1) is 17.1 Å². The van der Waals surface area contributed by atoms with E-state index in [-0.39, 0.29) is 22.0 Å². The number of hydrogen-bond donors (Lipinski definition) is 1. The van der Waals surface area contributed by atoms with E-state index in [4.69, 9.17) is 11.6 Å². The molecule has 0 spiro atoms. The van der Waals surface area contributed by atoms with E-state index in [9.17, 15) is 14.8 Å². The molecule has 0 amide bonds. The Hall–Kier alpha value is -3.23. The van der Waals surface area contributed by atoms with Gasteiger partial charge in [0.05, 0.1) is 16.3 Å². The van der Waals surface area contributed by atoms with Crippen molar-refractivity contribution in [1.82, 2.24) is 4.98 Å². The Labute approximate surface area is 148 Å². The lowest BCUT2D eigenvalue weighted by Crippen LogP contribution is -2.00. The Kier molecular flexibility index (Phi) is 4.73. The fourth-order valence-electron chi connectivity index (χ4n) is 2.28. The first-order valence-electron chi connectivity index (χ1n) is 7.27. The number of benzene rings is 2. The summed E-state index contributed by atoms with van der Waals surface area (Å²) in [6.45, 7) is 0. The molecule has 25 heavy (non-hydrogen) atoms. The maximum atomic E-state index is 13.3. The summed E-state index contributed by atoms with van der Waals surface area (Å²) in [6.07, 6.45) is 1.49. The summed E-state index contributed by atoms with van der Waals surface area (Å²) in [4.78, 5) is 8.34. The van der Waals surface area contributed by atoms with Gasteiger partial charge in [0, 0.05) is 11.8 Å². The van der Waals surface area contributed by atoms with Gasteiger partial charge in [-0.2, -0.15) is 5.26 Å². The largest absolute Gasteiger partial charge is 0.505 e. The molecule has 0 aliphatic rings. The number of hydrogen-bond acceptors (Lipinski definition) is 4. The highest BCUT2D eigenvalue weighted by molar-refractivity contribution is 6.31. The number of rotatable bonds is 3. The van der Waals surface area contributed by atoms with Crippen molar-refractivity contribution in [2.24, 2.45) is 4.99 Å². The Bertz CT molecular complexity index is 997. The molecule has 0 atom stereocenters. The average molecular weight is 352 g/mol. The van der Waals surface area contributed by atoms with Gasteiger partial charge in [0.15, 0.2) is 11.5 Å². The highest BCUT2D eigenvalue weighted by Gasteiger charge is 2.15. The number of nitriles is 1. The normalized spacial score (nSPS) is 11.2. The van der Waals surface area contributed by atoms with Crippen LogP contribution < -0.4 is 0 Å². The molecule has 4 nitrogen and oxygen atoms in total. The molecule has 1 N–H and O–H groups in total. The van der Waals surface area contributed by atoms with Crippen LogP contribution in [0.1, 0.15) is 5.56 Å². The lowest BCUT2D eigenvalue weighted by molar-refractivity contribution is 0.474. The van der Waals surface area contributed by atoms with Crippen LogP contribution in [-0.4, -0.2) is 15.8 Å². The van der Waals surface area contributed by atoms with Gasteiger partial charge in [-0.15, -0.1) is 0 Å². The summed E-state index contributed by atoms with van der Waals surface area (Å²) >= 11 is 5.74. The van der Waals surface area contributed by atoms with Gasteiger partial charge in [-0.1, -0.05) is 41.9 Å². The Morgan fingerprint density at radius 1 is 1.16 bits per heavy atom. The van der Waals surface area contributed by atoms with E-state index in [0.717, 1.165) is 6.07 Å². The molecule has 0 fully saturated rings. The highest BCUT2D eigenvalue weighted by Crippen LogP contribution is 2.31. The molecule has 1 heterocycles. The van der Waals surface area contributed by atoms with Gasteiger partial charge < -0.3 is 5.11 Å². The number of aromatic hydroxyl groups is 1. The Balaban J connectivity index is 2.09. The zero-order valence-corrected chi connectivity index (χ0v) is 13.6. The van der Waals surface area contributed by atoms with Crippen LogP contribution >= 0.6 is 11.6 Å². The molecule has 0 radical (unpaired) electrons. The molecule has 0 aliphatic carbocycles. The zero-order valence-electron chi connectivity index (χ0n) is 12.8. The molecule has 1 aromatic heterocycles. The van der Waals surface area contributed by atoms with Crippen molar-refractivity contribution >= 4 is 23.0 Å². The van der Waals surface area contributed by atoms with Crippen molar-refractivity contribution in [3.8, 4) is 23.1 Å². The summed E-state index contributed by atoms with van der Waals surface area (Å²) in [5, 5.41) is 19.9. The van der Waals surface area contributed by atoms with Crippen molar-refractivity contribution in [2.45, 2.75) is 0 Å². The molecule has 3 aromatic rings. The Morgan fingerprint density at radius 2 is 1.92 bits per heavy atom. The second kappa shape index (κ2) is 7.12. The number of aromatic nitrogens is 1. The van der Waals surface area contributed by atoms with E-state index in [1.807, 2.05) is 24.3 Å². The van der Waals surface area contributed by atoms with Crippen molar-refractivity contribution in [1.29, 1.82) is 5.26 Å². The third-order valence-corrected chi connectivity index (χ3v) is 3.77. The van der Waals surface area contributed by atoms with Crippen molar-refractivity contribution in [3.63, 3.8) is 0 Å². The summed E-state index contributed by atoms with van der Waals surface area (Å²) < 4.78 is 13.3. The molecule has 6 heteroatoms. The molecule has 0 bridgehead atoms. The van der Waals surface area contributed by atoms with E-state index in [0.29, 0.717) is 16.9 Å². The van der Waals surface area contributed by atoms with E-state index >= 15 is 0 Å². The molecule has 0 saturated heterocycles. The van der Waals surface area contributed by atoms with Gasteiger partial charge in [0.1, 0.15) is 17.6 Å². The first-order valence-corrected chi connectivity index (χ1v) is 7.65. The summed E-state index contributed by atoms with van der Waals surface area (Å²) in [7, 11) is 0. The van der Waals surface area contributed by atoms with E-state index in [1.54, 1.807) is 12.1 Å². The minimum Gasteiger partial charge on any atom is -0.505 e. The van der Waals surface area contributed by atoms with Gasteiger partial charge in [0.25, 0.3) is 0 Å². The average Bonchev–Trinajstić information content (AvgIpc) is 2.64. The van der Waals surface area contributed by atoms with Gasteiger partial charge in [-0.3, -0.25) is 4.98 Å². The van der Waals surface area contributed by atoms with E-state index in [2.05, 4.69) is 9.98 Å². The Morgan fingerprint density at radius 3 is 2.60 bits per heavy atom. The lowest BCUT2D eigenvalue weighted by Gasteiger charge is -2.08. The van der Waals surface area contributed by atoms with Gasteiger partial charge in [-0.05, 0) is 24.3 Å². The number of halogens is 2. The minimum absolute atomic E-state index is 0.0280. The monoisotopic (exact) mass is 351 g/mol. The quantitative estimate of drug-likeness (QED) is 0.683. The minimum atomic E-state index is -0.572. The number of aliphatic imine (C=N–C) groups is 1.